The highest BCUT2D eigenvalue weighted by atomic mass is 16.3. The maximum Gasteiger partial charge on any atom is 0.0690 e. The van der Waals surface area contributed by atoms with E-state index in [1.807, 2.05) is 0 Å². The first kappa shape index (κ1) is 12.0. The zero-order chi connectivity index (χ0) is 10.8. The SMILES string of the molecule is CCC(O)C(C)N1CCC(C)(C)CC1. The Hall–Kier alpha value is -0.0800. The predicted molar refractivity (Wildman–Crippen MR) is 60.3 cm³/mol. The summed E-state index contributed by atoms with van der Waals surface area (Å²) in [4.78, 5) is 2.43. The van der Waals surface area contributed by atoms with E-state index in [4.69, 9.17) is 0 Å². The largest absolute Gasteiger partial charge is 0.392 e. The molecule has 2 heteroatoms. The average molecular weight is 199 g/mol. The molecule has 0 aromatic carbocycles. The van der Waals surface area contributed by atoms with Gasteiger partial charge in [-0.1, -0.05) is 20.8 Å². The second-order valence-electron chi connectivity index (χ2n) is 5.42. The third-order valence-electron chi connectivity index (χ3n) is 3.70. The summed E-state index contributed by atoms with van der Waals surface area (Å²) in [6, 6.07) is 0.330. The van der Waals surface area contributed by atoms with Crippen molar-refractivity contribution in [3.63, 3.8) is 0 Å². The molecule has 2 atom stereocenters. The number of aliphatic hydroxyl groups is 1. The number of likely N-dealkylation sites (tertiary alicyclic amines) is 1. The molecule has 0 spiro atoms. The Bertz CT molecular complexity index is 169. The van der Waals surface area contributed by atoms with Crippen LogP contribution in [-0.4, -0.2) is 35.2 Å². The standard InChI is InChI=1S/C12H25NO/c1-5-11(14)10(2)13-8-6-12(3,4)7-9-13/h10-11,14H,5-9H2,1-4H3. The summed E-state index contributed by atoms with van der Waals surface area (Å²) >= 11 is 0. The van der Waals surface area contributed by atoms with Gasteiger partial charge >= 0.3 is 0 Å². The highest BCUT2D eigenvalue weighted by Crippen LogP contribution is 2.30. The number of rotatable bonds is 3. The zero-order valence-corrected chi connectivity index (χ0v) is 10.1. The molecule has 0 saturated carbocycles. The molecule has 1 aliphatic heterocycles. The quantitative estimate of drug-likeness (QED) is 0.753. The normalized spacial score (nSPS) is 27.2. The van der Waals surface area contributed by atoms with E-state index in [0.29, 0.717) is 11.5 Å². The Labute approximate surface area is 88.3 Å². The predicted octanol–water partition coefficient (Wildman–Crippen LogP) is 2.27. The van der Waals surface area contributed by atoms with Crippen LogP contribution in [0.3, 0.4) is 0 Å². The molecule has 1 N–H and O–H groups in total. The third-order valence-corrected chi connectivity index (χ3v) is 3.70. The molecule has 0 radical (unpaired) electrons. The summed E-state index contributed by atoms with van der Waals surface area (Å²) in [6.45, 7) is 11.2. The Morgan fingerprint density at radius 3 is 2.21 bits per heavy atom. The molecular formula is C12H25NO. The van der Waals surface area contributed by atoms with Crippen LogP contribution >= 0.6 is 0 Å². The fourth-order valence-corrected chi connectivity index (χ4v) is 2.12. The van der Waals surface area contributed by atoms with Crippen LogP contribution in [0.15, 0.2) is 0 Å². The molecule has 1 heterocycles. The molecule has 84 valence electrons. The third kappa shape index (κ3) is 2.96. The number of piperidine rings is 1. The van der Waals surface area contributed by atoms with E-state index < -0.39 is 0 Å². The minimum absolute atomic E-state index is 0.156. The second-order valence-corrected chi connectivity index (χ2v) is 5.42. The van der Waals surface area contributed by atoms with E-state index in [1.54, 1.807) is 0 Å². The topological polar surface area (TPSA) is 23.5 Å². The minimum Gasteiger partial charge on any atom is -0.392 e. The highest BCUT2D eigenvalue weighted by molar-refractivity contribution is 4.83. The first-order chi connectivity index (χ1) is 6.46. The minimum atomic E-state index is -0.156. The number of hydrogen-bond acceptors (Lipinski definition) is 2. The van der Waals surface area contributed by atoms with E-state index in [1.165, 1.54) is 12.8 Å². The first-order valence-electron chi connectivity index (χ1n) is 5.88. The van der Waals surface area contributed by atoms with Crippen LogP contribution < -0.4 is 0 Å². The summed E-state index contributed by atoms with van der Waals surface area (Å²) in [5.74, 6) is 0. The lowest BCUT2D eigenvalue weighted by molar-refractivity contribution is 0.0228. The van der Waals surface area contributed by atoms with Crippen LogP contribution in [0.5, 0.6) is 0 Å². The van der Waals surface area contributed by atoms with E-state index in [2.05, 4.69) is 32.6 Å². The van der Waals surface area contributed by atoms with E-state index >= 15 is 0 Å². The van der Waals surface area contributed by atoms with Gasteiger partial charge in [0.1, 0.15) is 0 Å². The fourth-order valence-electron chi connectivity index (χ4n) is 2.12. The van der Waals surface area contributed by atoms with Crippen LogP contribution in [0.2, 0.25) is 0 Å². The van der Waals surface area contributed by atoms with Gasteiger partial charge in [-0.05, 0) is 44.7 Å². The Morgan fingerprint density at radius 2 is 1.79 bits per heavy atom. The molecule has 1 saturated heterocycles. The molecule has 0 aromatic heterocycles. The van der Waals surface area contributed by atoms with Gasteiger partial charge < -0.3 is 5.11 Å². The Kier molecular flexibility index (Phi) is 3.96. The van der Waals surface area contributed by atoms with Crippen molar-refractivity contribution < 1.29 is 5.11 Å². The molecule has 1 fully saturated rings. The van der Waals surface area contributed by atoms with Crippen molar-refractivity contribution in [1.29, 1.82) is 0 Å². The highest BCUT2D eigenvalue weighted by Gasteiger charge is 2.29. The van der Waals surface area contributed by atoms with Crippen molar-refractivity contribution in [2.45, 2.75) is 59.1 Å². The lowest BCUT2D eigenvalue weighted by atomic mass is 9.82. The van der Waals surface area contributed by atoms with Gasteiger partial charge in [0.05, 0.1) is 6.10 Å². The van der Waals surface area contributed by atoms with Crippen molar-refractivity contribution in [2.24, 2.45) is 5.41 Å². The number of nitrogens with zero attached hydrogens (tertiary/aromatic N) is 1. The van der Waals surface area contributed by atoms with E-state index in [9.17, 15) is 5.11 Å². The van der Waals surface area contributed by atoms with E-state index in [-0.39, 0.29) is 6.10 Å². The fraction of sp³-hybridized carbons (Fsp3) is 1.00. The summed E-state index contributed by atoms with van der Waals surface area (Å²) in [5.41, 5.74) is 0.507. The van der Waals surface area contributed by atoms with Crippen LogP contribution in [-0.2, 0) is 0 Å². The Balaban J connectivity index is 2.41. The first-order valence-corrected chi connectivity index (χ1v) is 5.88. The van der Waals surface area contributed by atoms with Crippen molar-refractivity contribution in [1.82, 2.24) is 4.90 Å². The lowest BCUT2D eigenvalue weighted by Gasteiger charge is -2.41. The van der Waals surface area contributed by atoms with Gasteiger partial charge in [0, 0.05) is 6.04 Å². The van der Waals surface area contributed by atoms with Gasteiger partial charge in [-0.3, -0.25) is 4.90 Å². The lowest BCUT2D eigenvalue weighted by Crippen LogP contribution is -2.47. The molecule has 0 amide bonds. The van der Waals surface area contributed by atoms with Crippen molar-refractivity contribution >= 4 is 0 Å². The van der Waals surface area contributed by atoms with Gasteiger partial charge in [0.25, 0.3) is 0 Å². The van der Waals surface area contributed by atoms with Crippen molar-refractivity contribution in [3.8, 4) is 0 Å². The van der Waals surface area contributed by atoms with Crippen LogP contribution in [0.25, 0.3) is 0 Å². The van der Waals surface area contributed by atoms with Gasteiger partial charge in [0.2, 0.25) is 0 Å². The van der Waals surface area contributed by atoms with Crippen molar-refractivity contribution in [3.05, 3.63) is 0 Å². The van der Waals surface area contributed by atoms with Crippen molar-refractivity contribution in [2.75, 3.05) is 13.1 Å². The number of aliphatic hydroxyl groups excluding tert-OH is 1. The van der Waals surface area contributed by atoms with Gasteiger partial charge in [-0.25, -0.2) is 0 Å². The summed E-state index contributed by atoms with van der Waals surface area (Å²) in [6.07, 6.45) is 3.22. The maximum atomic E-state index is 9.77. The molecular weight excluding hydrogens is 174 g/mol. The smallest absolute Gasteiger partial charge is 0.0690 e. The molecule has 14 heavy (non-hydrogen) atoms. The summed E-state index contributed by atoms with van der Waals surface area (Å²) in [5, 5.41) is 9.77. The van der Waals surface area contributed by atoms with Crippen LogP contribution in [0.1, 0.15) is 47.0 Å². The Morgan fingerprint density at radius 1 is 1.29 bits per heavy atom. The monoisotopic (exact) mass is 199 g/mol. The average Bonchev–Trinajstić information content (AvgIpc) is 2.15. The van der Waals surface area contributed by atoms with Gasteiger partial charge in [0.15, 0.2) is 0 Å². The molecule has 0 bridgehead atoms. The van der Waals surface area contributed by atoms with Gasteiger partial charge in [-0.2, -0.15) is 0 Å². The van der Waals surface area contributed by atoms with Crippen LogP contribution in [0.4, 0.5) is 0 Å². The van der Waals surface area contributed by atoms with Crippen LogP contribution in [0, 0.1) is 5.41 Å². The number of hydrogen-bond donors (Lipinski definition) is 1. The molecule has 1 rings (SSSR count). The molecule has 2 unspecified atom stereocenters. The second kappa shape index (κ2) is 4.63. The summed E-state index contributed by atoms with van der Waals surface area (Å²) in [7, 11) is 0. The molecule has 0 aromatic rings. The summed E-state index contributed by atoms with van der Waals surface area (Å²) < 4.78 is 0. The molecule has 0 aliphatic carbocycles. The zero-order valence-electron chi connectivity index (χ0n) is 10.1. The van der Waals surface area contributed by atoms with E-state index in [0.717, 1.165) is 19.5 Å². The molecule has 2 nitrogen and oxygen atoms in total. The molecule has 1 aliphatic rings. The maximum absolute atomic E-state index is 9.77. The van der Waals surface area contributed by atoms with Gasteiger partial charge in [-0.15, -0.1) is 0 Å².